The minimum absolute atomic E-state index is 0.325. The van der Waals surface area contributed by atoms with E-state index in [2.05, 4.69) is 21.0 Å². The van der Waals surface area contributed by atoms with Gasteiger partial charge in [0, 0.05) is 35.0 Å². The summed E-state index contributed by atoms with van der Waals surface area (Å²) in [6.45, 7) is 0. The van der Waals surface area contributed by atoms with E-state index in [0.29, 0.717) is 12.3 Å². The number of aromatic nitrogens is 3. The maximum Gasteiger partial charge on any atom is 0.214 e. The van der Waals surface area contributed by atoms with Crippen LogP contribution in [0, 0.1) is 11.3 Å². The highest BCUT2D eigenvalue weighted by Gasteiger charge is 2.14. The Kier molecular flexibility index (Phi) is 3.05. The van der Waals surface area contributed by atoms with E-state index in [-0.39, 0.29) is 0 Å². The Bertz CT molecular complexity index is 787. The lowest BCUT2D eigenvalue weighted by Gasteiger charge is -2.00. The third kappa shape index (κ3) is 1.97. The molecule has 0 aromatic carbocycles. The van der Waals surface area contributed by atoms with E-state index in [1.165, 1.54) is 0 Å². The summed E-state index contributed by atoms with van der Waals surface area (Å²) in [6, 6.07) is 9.74. The second kappa shape index (κ2) is 5.02. The van der Waals surface area contributed by atoms with Gasteiger partial charge in [0.05, 0.1) is 25.3 Å². The van der Waals surface area contributed by atoms with Gasteiger partial charge in [-0.2, -0.15) is 10.2 Å². The van der Waals surface area contributed by atoms with Crippen molar-refractivity contribution in [2.75, 3.05) is 7.11 Å². The molecule has 5 nitrogen and oxygen atoms in total. The molecule has 0 radical (unpaired) electrons. The second-order valence-electron chi connectivity index (χ2n) is 4.30. The van der Waals surface area contributed by atoms with E-state index in [0.717, 1.165) is 27.9 Å². The number of nitrogens with zero attached hydrogens (tertiary/aromatic N) is 3. The fraction of sp³-hybridized carbons (Fsp3) is 0.133. The van der Waals surface area contributed by atoms with Crippen LogP contribution in [0.5, 0.6) is 5.88 Å². The fourth-order valence-corrected chi connectivity index (χ4v) is 2.25. The number of aromatic amines is 1. The largest absolute Gasteiger partial charge is 0.481 e. The number of pyridine rings is 2. The molecule has 3 rings (SSSR count). The van der Waals surface area contributed by atoms with Crippen molar-refractivity contribution in [2.24, 2.45) is 0 Å². The molecule has 20 heavy (non-hydrogen) atoms. The van der Waals surface area contributed by atoms with E-state index < -0.39 is 0 Å². The molecule has 98 valence electrons. The Morgan fingerprint density at radius 1 is 1.25 bits per heavy atom. The summed E-state index contributed by atoms with van der Waals surface area (Å²) >= 11 is 0. The average molecular weight is 264 g/mol. The molecular weight excluding hydrogens is 252 g/mol. The molecule has 0 unspecified atom stereocenters. The van der Waals surface area contributed by atoms with Crippen LogP contribution in [-0.2, 0) is 6.42 Å². The zero-order chi connectivity index (χ0) is 13.9. The van der Waals surface area contributed by atoms with Crippen molar-refractivity contribution < 1.29 is 4.74 Å². The molecule has 0 saturated carbocycles. The predicted molar refractivity (Wildman–Crippen MR) is 75.2 cm³/mol. The Balaban J connectivity index is 2.26. The summed E-state index contributed by atoms with van der Waals surface area (Å²) in [5, 5.41) is 9.99. The van der Waals surface area contributed by atoms with Crippen molar-refractivity contribution in [3.8, 4) is 23.2 Å². The molecule has 0 saturated heterocycles. The summed E-state index contributed by atoms with van der Waals surface area (Å²) in [5.74, 6) is 0.545. The van der Waals surface area contributed by atoms with E-state index >= 15 is 0 Å². The van der Waals surface area contributed by atoms with Gasteiger partial charge < -0.3 is 9.72 Å². The van der Waals surface area contributed by atoms with Crippen LogP contribution >= 0.6 is 0 Å². The molecule has 0 aliphatic heterocycles. The Labute approximate surface area is 115 Å². The zero-order valence-electron chi connectivity index (χ0n) is 10.9. The topological polar surface area (TPSA) is 74.6 Å². The number of H-pyrrole nitrogens is 1. The monoisotopic (exact) mass is 264 g/mol. The van der Waals surface area contributed by atoms with Crippen LogP contribution < -0.4 is 4.74 Å². The molecule has 0 amide bonds. The molecule has 1 N–H and O–H groups in total. The molecular formula is C15H12N4O. The summed E-state index contributed by atoms with van der Waals surface area (Å²) in [5.41, 5.74) is 3.57. The number of ether oxygens (including phenoxy) is 1. The molecule has 3 aromatic rings. The number of hydrogen-bond donors (Lipinski definition) is 1. The lowest BCUT2D eigenvalue weighted by Crippen LogP contribution is -1.87. The number of fused-ring (bicyclic) bond motifs is 1. The zero-order valence-corrected chi connectivity index (χ0v) is 10.9. The van der Waals surface area contributed by atoms with Gasteiger partial charge in [0.15, 0.2) is 0 Å². The normalized spacial score (nSPS) is 10.4. The third-order valence-corrected chi connectivity index (χ3v) is 3.17. The summed E-state index contributed by atoms with van der Waals surface area (Å²) in [4.78, 5) is 11.7. The highest BCUT2D eigenvalue weighted by Crippen LogP contribution is 2.30. The maximum absolute atomic E-state index is 9.05. The van der Waals surface area contributed by atoms with E-state index in [9.17, 15) is 0 Å². The molecule has 0 aliphatic rings. The first-order chi connectivity index (χ1) is 9.83. The van der Waals surface area contributed by atoms with E-state index in [1.807, 2.05) is 18.2 Å². The lowest BCUT2D eigenvalue weighted by molar-refractivity contribution is 0.399. The highest BCUT2D eigenvalue weighted by atomic mass is 16.5. The molecule has 5 heteroatoms. The standard InChI is InChI=1S/C15H12N4O/c1-20-13-3-2-12-11(4-7-16)14(19-15(12)18-13)10-5-8-17-9-6-10/h2-3,5-6,8-9H,4H2,1H3,(H,18,19). The smallest absolute Gasteiger partial charge is 0.214 e. The molecule has 3 heterocycles. The third-order valence-electron chi connectivity index (χ3n) is 3.17. The van der Waals surface area contributed by atoms with Gasteiger partial charge in [0.1, 0.15) is 5.65 Å². The average Bonchev–Trinajstić information content (AvgIpc) is 2.86. The second-order valence-corrected chi connectivity index (χ2v) is 4.30. The van der Waals surface area contributed by atoms with Crippen LogP contribution in [0.3, 0.4) is 0 Å². The first-order valence-corrected chi connectivity index (χ1v) is 6.16. The van der Waals surface area contributed by atoms with Crippen molar-refractivity contribution in [1.82, 2.24) is 15.0 Å². The minimum atomic E-state index is 0.325. The van der Waals surface area contributed by atoms with Gasteiger partial charge in [-0.05, 0) is 18.2 Å². The molecule has 0 bridgehead atoms. The molecule has 0 spiro atoms. The van der Waals surface area contributed by atoms with Crippen molar-refractivity contribution >= 4 is 11.0 Å². The number of rotatable bonds is 3. The SMILES string of the molecule is COc1ccc2c(CC#N)c(-c3ccncc3)[nH]c2n1. The van der Waals surface area contributed by atoms with E-state index in [1.54, 1.807) is 25.6 Å². The van der Waals surface area contributed by atoms with Crippen molar-refractivity contribution in [2.45, 2.75) is 6.42 Å². The van der Waals surface area contributed by atoms with Gasteiger partial charge in [0.25, 0.3) is 0 Å². The van der Waals surface area contributed by atoms with Gasteiger partial charge in [-0.25, -0.2) is 0 Å². The van der Waals surface area contributed by atoms with Gasteiger partial charge >= 0.3 is 0 Å². The van der Waals surface area contributed by atoms with Crippen LogP contribution in [-0.4, -0.2) is 22.1 Å². The molecule has 0 aliphatic carbocycles. The van der Waals surface area contributed by atoms with Crippen LogP contribution in [0.4, 0.5) is 0 Å². The lowest BCUT2D eigenvalue weighted by atomic mass is 10.0. The first-order valence-electron chi connectivity index (χ1n) is 6.16. The number of nitrogens with one attached hydrogen (secondary N) is 1. The quantitative estimate of drug-likeness (QED) is 0.789. The number of hydrogen-bond acceptors (Lipinski definition) is 4. The number of nitriles is 1. The highest BCUT2D eigenvalue weighted by molar-refractivity contribution is 5.89. The van der Waals surface area contributed by atoms with Crippen molar-refractivity contribution in [1.29, 1.82) is 5.26 Å². The molecule has 3 aromatic heterocycles. The predicted octanol–water partition coefficient (Wildman–Crippen LogP) is 2.70. The van der Waals surface area contributed by atoms with Crippen molar-refractivity contribution in [3.63, 3.8) is 0 Å². The van der Waals surface area contributed by atoms with Gasteiger partial charge in [0.2, 0.25) is 5.88 Å². The summed E-state index contributed by atoms with van der Waals surface area (Å²) < 4.78 is 5.13. The van der Waals surface area contributed by atoms with Crippen molar-refractivity contribution in [3.05, 3.63) is 42.2 Å². The maximum atomic E-state index is 9.05. The fourth-order valence-electron chi connectivity index (χ4n) is 2.25. The minimum Gasteiger partial charge on any atom is -0.481 e. The van der Waals surface area contributed by atoms with Gasteiger partial charge in [-0.15, -0.1) is 0 Å². The van der Waals surface area contributed by atoms with Crippen LogP contribution in [0.25, 0.3) is 22.3 Å². The Hall–Kier alpha value is -2.87. The Morgan fingerprint density at radius 3 is 2.75 bits per heavy atom. The van der Waals surface area contributed by atoms with Crippen LogP contribution in [0.1, 0.15) is 5.56 Å². The van der Waals surface area contributed by atoms with Crippen LogP contribution in [0.2, 0.25) is 0 Å². The summed E-state index contributed by atoms with van der Waals surface area (Å²) in [6.07, 6.45) is 3.78. The summed E-state index contributed by atoms with van der Waals surface area (Å²) in [7, 11) is 1.58. The van der Waals surface area contributed by atoms with E-state index in [4.69, 9.17) is 10.00 Å². The van der Waals surface area contributed by atoms with Gasteiger partial charge in [-0.1, -0.05) is 0 Å². The first kappa shape index (κ1) is 12.2. The molecule has 0 atom stereocenters. The molecule has 0 fully saturated rings. The number of methoxy groups -OCH3 is 1. The van der Waals surface area contributed by atoms with Gasteiger partial charge in [-0.3, -0.25) is 4.98 Å². The Morgan fingerprint density at radius 2 is 2.05 bits per heavy atom. The van der Waals surface area contributed by atoms with Crippen LogP contribution in [0.15, 0.2) is 36.7 Å².